The molecule has 0 spiro atoms. The Hall–Kier alpha value is -0.740. The van der Waals surface area contributed by atoms with Gasteiger partial charge in [-0.2, -0.15) is 17.0 Å². The number of carbonyl (C=O) groups is 1. The van der Waals surface area contributed by atoms with E-state index in [0.29, 0.717) is 13.0 Å². The van der Waals surface area contributed by atoms with Crippen LogP contribution in [-0.2, 0) is 19.7 Å². The number of morpholine rings is 1. The van der Waals surface area contributed by atoms with Crippen LogP contribution >= 0.6 is 0 Å². The fourth-order valence-corrected chi connectivity index (χ4v) is 4.72. The zero-order chi connectivity index (χ0) is 16.8. The summed E-state index contributed by atoms with van der Waals surface area (Å²) in [6.07, 6.45) is 0.121. The molecule has 0 aliphatic carbocycles. The predicted octanol–water partition coefficient (Wildman–Crippen LogP) is -1.34. The van der Waals surface area contributed by atoms with Crippen LogP contribution in [0.5, 0.6) is 0 Å². The minimum atomic E-state index is -3.45. The zero-order valence-electron chi connectivity index (χ0n) is 14.0. The first kappa shape index (κ1) is 17.1. The third kappa shape index (κ3) is 3.25. The van der Waals surface area contributed by atoms with Crippen molar-refractivity contribution in [1.82, 2.24) is 18.4 Å². The van der Waals surface area contributed by atoms with Crippen LogP contribution in [0.15, 0.2) is 0 Å². The summed E-state index contributed by atoms with van der Waals surface area (Å²) in [5.41, 5.74) is 0. The van der Waals surface area contributed by atoms with Crippen LogP contribution in [0, 0.1) is 5.92 Å². The molecule has 132 valence electrons. The van der Waals surface area contributed by atoms with Crippen LogP contribution < -0.4 is 0 Å². The first-order valence-corrected chi connectivity index (χ1v) is 9.49. The van der Waals surface area contributed by atoms with Gasteiger partial charge in [-0.1, -0.05) is 0 Å². The third-order valence-corrected chi connectivity index (χ3v) is 6.92. The second kappa shape index (κ2) is 6.29. The molecule has 3 aliphatic heterocycles. The van der Waals surface area contributed by atoms with Crippen molar-refractivity contribution in [2.45, 2.75) is 18.6 Å². The second-order valence-electron chi connectivity index (χ2n) is 6.87. The van der Waals surface area contributed by atoms with E-state index in [-0.39, 0.29) is 30.6 Å². The molecule has 0 aromatic carbocycles. The third-order valence-electron chi connectivity index (χ3n) is 5.04. The maximum atomic E-state index is 12.8. The van der Waals surface area contributed by atoms with Crippen molar-refractivity contribution in [3.8, 4) is 0 Å². The van der Waals surface area contributed by atoms with E-state index in [1.165, 1.54) is 22.7 Å². The fourth-order valence-electron chi connectivity index (χ4n) is 3.56. The molecule has 0 aromatic heterocycles. The van der Waals surface area contributed by atoms with E-state index >= 15 is 0 Å². The van der Waals surface area contributed by atoms with E-state index in [9.17, 15) is 13.2 Å². The number of likely N-dealkylation sites (N-methyl/N-ethyl adjacent to an activating group) is 1. The summed E-state index contributed by atoms with van der Waals surface area (Å²) in [5, 5.41) is 0. The van der Waals surface area contributed by atoms with Crippen molar-refractivity contribution >= 4 is 16.1 Å². The Morgan fingerprint density at radius 3 is 2.39 bits per heavy atom. The molecule has 0 radical (unpaired) electrons. The molecule has 3 aliphatic rings. The molecule has 3 saturated heterocycles. The Kier molecular flexibility index (Phi) is 4.67. The van der Waals surface area contributed by atoms with Gasteiger partial charge in [0.25, 0.3) is 10.2 Å². The van der Waals surface area contributed by atoms with Gasteiger partial charge in [0.05, 0.1) is 18.1 Å². The van der Waals surface area contributed by atoms with Crippen LogP contribution in [-0.4, -0.2) is 105 Å². The lowest BCUT2D eigenvalue weighted by Gasteiger charge is -2.36. The van der Waals surface area contributed by atoms with E-state index in [1.807, 2.05) is 4.90 Å². The van der Waals surface area contributed by atoms with Gasteiger partial charge in [0.15, 0.2) is 0 Å². The average Bonchev–Trinajstić information content (AvgIpc) is 2.81. The maximum Gasteiger partial charge on any atom is 0.281 e. The Bertz CT molecular complexity index is 559. The molecule has 3 atom stereocenters. The minimum absolute atomic E-state index is 0.120. The molecule has 0 aromatic rings. The number of amides is 1. The van der Waals surface area contributed by atoms with Crippen LogP contribution in [0.3, 0.4) is 0 Å². The van der Waals surface area contributed by atoms with E-state index in [1.54, 1.807) is 0 Å². The number of piperazine rings is 1. The highest BCUT2D eigenvalue weighted by Crippen LogP contribution is 2.34. The van der Waals surface area contributed by atoms with Crippen molar-refractivity contribution in [1.29, 1.82) is 0 Å². The average molecular weight is 346 g/mol. The van der Waals surface area contributed by atoms with Crippen LogP contribution in [0.4, 0.5) is 0 Å². The number of nitrogens with zero attached hydrogens (tertiary/aromatic N) is 4. The monoisotopic (exact) mass is 346 g/mol. The fraction of sp³-hybridized carbons (Fsp3) is 0.929. The highest BCUT2D eigenvalue weighted by molar-refractivity contribution is 7.86. The van der Waals surface area contributed by atoms with E-state index < -0.39 is 10.2 Å². The lowest BCUT2D eigenvalue weighted by Crippen LogP contribution is -2.53. The molecule has 1 amide bonds. The molecule has 0 N–H and O–H groups in total. The molecule has 9 heteroatoms. The predicted molar refractivity (Wildman–Crippen MR) is 85.0 cm³/mol. The molecule has 3 fully saturated rings. The molecule has 0 unspecified atom stereocenters. The number of ether oxygens (including phenoxy) is 1. The highest BCUT2D eigenvalue weighted by atomic mass is 32.2. The number of hydrogen-bond acceptors (Lipinski definition) is 5. The van der Waals surface area contributed by atoms with E-state index in [2.05, 4.69) is 11.9 Å². The van der Waals surface area contributed by atoms with Gasteiger partial charge in [-0.25, -0.2) is 0 Å². The largest absolute Gasteiger partial charge is 0.371 e. The SMILES string of the molecule is CN1CCN(C(=O)[C@H]2C[C@H]3CN(S(=O)(=O)N(C)C)C[C@H]2O3)CC1. The molecule has 2 bridgehead atoms. The molecule has 3 rings (SSSR count). The number of hydrogen-bond donors (Lipinski definition) is 0. The van der Waals surface area contributed by atoms with Crippen molar-refractivity contribution in [2.24, 2.45) is 5.92 Å². The summed E-state index contributed by atoms with van der Waals surface area (Å²) in [5.74, 6) is -0.0968. The Morgan fingerprint density at radius 1 is 1.13 bits per heavy atom. The van der Waals surface area contributed by atoms with Crippen molar-refractivity contribution in [3.63, 3.8) is 0 Å². The second-order valence-corrected chi connectivity index (χ2v) is 9.02. The molecular formula is C14H26N4O4S. The maximum absolute atomic E-state index is 12.8. The van der Waals surface area contributed by atoms with Gasteiger partial charge in [0.2, 0.25) is 5.91 Å². The van der Waals surface area contributed by atoms with Crippen LogP contribution in [0.25, 0.3) is 0 Å². The summed E-state index contributed by atoms with van der Waals surface area (Å²) >= 11 is 0. The van der Waals surface area contributed by atoms with Gasteiger partial charge in [-0.15, -0.1) is 0 Å². The molecule has 0 saturated carbocycles. The van der Waals surface area contributed by atoms with Crippen LogP contribution in [0.2, 0.25) is 0 Å². The summed E-state index contributed by atoms with van der Waals surface area (Å²) in [6.45, 7) is 3.85. The Morgan fingerprint density at radius 2 is 1.78 bits per heavy atom. The minimum Gasteiger partial charge on any atom is -0.371 e. The summed E-state index contributed by atoms with van der Waals surface area (Å²) in [4.78, 5) is 16.9. The quantitative estimate of drug-likeness (QED) is 0.632. The van der Waals surface area contributed by atoms with Gasteiger partial charge in [-0.05, 0) is 13.5 Å². The van der Waals surface area contributed by atoms with Crippen molar-refractivity contribution in [3.05, 3.63) is 0 Å². The topological polar surface area (TPSA) is 73.4 Å². The number of fused-ring (bicyclic) bond motifs is 2. The lowest BCUT2D eigenvalue weighted by molar-refractivity contribution is -0.139. The van der Waals surface area contributed by atoms with Gasteiger partial charge >= 0.3 is 0 Å². The molecule has 3 heterocycles. The van der Waals surface area contributed by atoms with Crippen molar-refractivity contribution in [2.75, 3.05) is 60.4 Å². The Balaban J connectivity index is 1.67. The summed E-state index contributed by atoms with van der Waals surface area (Å²) < 4.78 is 33.2. The molecule has 8 nitrogen and oxygen atoms in total. The van der Waals surface area contributed by atoms with Gasteiger partial charge in [0, 0.05) is 53.4 Å². The highest BCUT2D eigenvalue weighted by Gasteiger charge is 2.48. The standard InChI is InChI=1S/C14H26N4O4S/c1-15(2)23(20,21)18-9-11-8-12(13(10-18)22-11)14(19)17-6-4-16(3)5-7-17/h11-13H,4-10H2,1-3H3/t11-,12-,13+/m0/s1. The lowest BCUT2D eigenvalue weighted by atomic mass is 9.98. The Labute approximate surface area is 138 Å². The van der Waals surface area contributed by atoms with E-state index in [0.717, 1.165) is 26.2 Å². The first-order valence-electron chi connectivity index (χ1n) is 8.09. The normalized spacial score (nSPS) is 33.4. The number of carbonyl (C=O) groups excluding carboxylic acids is 1. The van der Waals surface area contributed by atoms with Crippen molar-refractivity contribution < 1.29 is 17.9 Å². The zero-order valence-corrected chi connectivity index (χ0v) is 14.8. The van der Waals surface area contributed by atoms with Gasteiger partial charge in [-0.3, -0.25) is 4.79 Å². The van der Waals surface area contributed by atoms with Gasteiger partial charge < -0.3 is 14.5 Å². The summed E-state index contributed by atoms with van der Waals surface area (Å²) in [7, 11) is 1.66. The first-order chi connectivity index (χ1) is 10.8. The molecular weight excluding hydrogens is 320 g/mol. The molecule has 23 heavy (non-hydrogen) atoms. The summed E-state index contributed by atoms with van der Waals surface area (Å²) in [6, 6.07) is 0. The number of rotatable bonds is 3. The van der Waals surface area contributed by atoms with Gasteiger partial charge in [0.1, 0.15) is 0 Å². The van der Waals surface area contributed by atoms with Crippen LogP contribution in [0.1, 0.15) is 6.42 Å². The van der Waals surface area contributed by atoms with E-state index in [4.69, 9.17) is 4.74 Å². The smallest absolute Gasteiger partial charge is 0.281 e.